The van der Waals surface area contributed by atoms with E-state index in [2.05, 4.69) is 10.3 Å². The Morgan fingerprint density at radius 3 is 2.61 bits per heavy atom. The van der Waals surface area contributed by atoms with E-state index in [0.717, 1.165) is 0 Å². The summed E-state index contributed by atoms with van der Waals surface area (Å²) in [5.74, 6) is -0.533. The highest BCUT2D eigenvalue weighted by Crippen LogP contribution is 2.38. The van der Waals surface area contributed by atoms with E-state index in [1.807, 2.05) is 0 Å². The van der Waals surface area contributed by atoms with Gasteiger partial charge in [0.15, 0.2) is 0 Å². The van der Waals surface area contributed by atoms with Crippen LogP contribution in [0.4, 0.5) is 29.2 Å². The summed E-state index contributed by atoms with van der Waals surface area (Å²) in [5.41, 5.74) is -3.49. The molecule has 0 aliphatic rings. The third-order valence-electron chi connectivity index (χ3n) is 4.21. The summed E-state index contributed by atoms with van der Waals surface area (Å²) in [4.78, 5) is 16.1. The number of nitrogens with zero attached hydrogens (tertiary/aromatic N) is 2. The molecular weight excluding hydrogens is 458 g/mol. The average Bonchev–Trinajstić information content (AvgIpc) is 2.68. The largest absolute Gasteiger partial charge is 0.490 e. The van der Waals surface area contributed by atoms with E-state index in [9.17, 15) is 22.4 Å². The van der Waals surface area contributed by atoms with Gasteiger partial charge in [-0.05, 0) is 54.1 Å². The zero-order valence-electron chi connectivity index (χ0n) is 16.3. The Labute approximate surface area is 184 Å². The van der Waals surface area contributed by atoms with Crippen molar-refractivity contribution < 1.29 is 22.3 Å². The average molecular weight is 474 g/mol. The van der Waals surface area contributed by atoms with Crippen molar-refractivity contribution >= 4 is 35.0 Å². The summed E-state index contributed by atoms with van der Waals surface area (Å²) in [7, 11) is 1.31. The molecule has 31 heavy (non-hydrogen) atoms. The molecule has 2 aromatic carbocycles. The van der Waals surface area contributed by atoms with Gasteiger partial charge in [-0.25, -0.2) is 4.39 Å². The zero-order valence-corrected chi connectivity index (χ0v) is 17.8. The molecule has 0 fully saturated rings. The molecule has 3 aromatic rings. The second-order valence-corrected chi connectivity index (χ2v) is 8.01. The number of ether oxygens (including phenoxy) is 1. The molecule has 0 radical (unpaired) electrons. The molecular formula is C20H16ClF4N3O2S. The molecule has 0 amide bonds. The van der Waals surface area contributed by atoms with Crippen molar-refractivity contribution in [3.05, 3.63) is 74.9 Å². The van der Waals surface area contributed by atoms with Crippen molar-refractivity contribution in [1.29, 1.82) is 0 Å². The van der Waals surface area contributed by atoms with Crippen LogP contribution in [-0.4, -0.2) is 22.2 Å². The Kier molecular flexibility index (Phi) is 6.80. The Balaban J connectivity index is 2.00. The normalized spacial score (nSPS) is 11.5. The molecule has 11 heteroatoms. The molecule has 0 unspecified atom stereocenters. The van der Waals surface area contributed by atoms with Crippen molar-refractivity contribution in [2.45, 2.75) is 23.9 Å². The Bertz CT molecular complexity index is 1170. The predicted octanol–water partition coefficient (Wildman–Crippen LogP) is 5.76. The number of benzene rings is 2. The summed E-state index contributed by atoms with van der Waals surface area (Å²) in [6.07, 6.45) is 1.40. The maximum absolute atomic E-state index is 13.5. The fraction of sp³-hybridized carbons (Fsp3) is 0.200. The molecule has 164 valence electrons. The van der Waals surface area contributed by atoms with Gasteiger partial charge in [-0.3, -0.25) is 4.79 Å². The lowest BCUT2D eigenvalue weighted by molar-refractivity contribution is -0.0328. The Morgan fingerprint density at radius 2 is 1.97 bits per heavy atom. The molecule has 0 spiro atoms. The molecule has 1 N–H and O–H groups in total. The molecule has 5 nitrogen and oxygen atoms in total. The zero-order chi connectivity index (χ0) is 22.8. The molecule has 0 aliphatic carbocycles. The molecule has 0 saturated heterocycles. The minimum atomic E-state index is -4.44. The molecule has 0 aliphatic heterocycles. The van der Waals surface area contributed by atoms with E-state index in [0.29, 0.717) is 16.8 Å². The van der Waals surface area contributed by atoms with Gasteiger partial charge >= 0.3 is 11.1 Å². The predicted molar refractivity (Wildman–Crippen MR) is 112 cm³/mol. The van der Waals surface area contributed by atoms with Crippen LogP contribution < -0.4 is 15.6 Å². The van der Waals surface area contributed by atoms with E-state index in [4.69, 9.17) is 16.3 Å². The van der Waals surface area contributed by atoms with Gasteiger partial charge in [-0.15, -0.1) is 0 Å². The van der Waals surface area contributed by atoms with E-state index in [1.54, 1.807) is 6.92 Å². The van der Waals surface area contributed by atoms with Crippen LogP contribution in [0.25, 0.3) is 0 Å². The van der Waals surface area contributed by atoms with Crippen molar-refractivity contribution in [2.75, 3.05) is 12.4 Å². The van der Waals surface area contributed by atoms with Gasteiger partial charge in [0.25, 0.3) is 0 Å². The second kappa shape index (κ2) is 9.19. The minimum absolute atomic E-state index is 0.0201. The lowest BCUT2D eigenvalue weighted by Crippen LogP contribution is -2.19. The van der Waals surface area contributed by atoms with Crippen LogP contribution in [0.3, 0.4) is 0 Å². The first-order valence-electron chi connectivity index (χ1n) is 8.78. The Hall–Kier alpha value is -2.72. The number of aromatic nitrogens is 2. The maximum Gasteiger partial charge on any atom is 0.446 e. The van der Waals surface area contributed by atoms with Gasteiger partial charge in [0.1, 0.15) is 5.82 Å². The number of alkyl halides is 3. The third-order valence-corrected chi connectivity index (χ3v) is 5.22. The fourth-order valence-corrected chi connectivity index (χ4v) is 3.50. The van der Waals surface area contributed by atoms with E-state index in [-0.39, 0.29) is 39.9 Å². The lowest BCUT2D eigenvalue weighted by atomic mass is 10.2. The molecule has 1 heterocycles. The second-order valence-electron chi connectivity index (χ2n) is 6.46. The maximum atomic E-state index is 13.5. The van der Waals surface area contributed by atoms with Crippen LogP contribution in [0, 0.1) is 12.7 Å². The first kappa shape index (κ1) is 23.0. The van der Waals surface area contributed by atoms with Crippen LogP contribution >= 0.6 is 23.4 Å². The SMILES string of the molecule is COc1cn(Cc2ccc(F)c(Cl)c2)c(Nc2cc(SC(F)(F)F)ccc2C)nc1=O. The number of methoxy groups -OCH3 is 1. The first-order chi connectivity index (χ1) is 14.6. The van der Waals surface area contributed by atoms with Crippen molar-refractivity contribution in [3.8, 4) is 5.75 Å². The summed E-state index contributed by atoms with van der Waals surface area (Å²) in [5, 5.41) is 2.85. The van der Waals surface area contributed by atoms with Gasteiger partial charge in [-0.1, -0.05) is 23.7 Å². The summed E-state index contributed by atoms with van der Waals surface area (Å²) >= 11 is 5.59. The highest BCUT2D eigenvalue weighted by Gasteiger charge is 2.29. The molecule has 0 atom stereocenters. The van der Waals surface area contributed by atoms with E-state index < -0.39 is 16.9 Å². The minimum Gasteiger partial charge on any atom is -0.490 e. The van der Waals surface area contributed by atoms with Crippen LogP contribution in [-0.2, 0) is 6.54 Å². The monoisotopic (exact) mass is 473 g/mol. The van der Waals surface area contributed by atoms with Crippen LogP contribution in [0.5, 0.6) is 5.75 Å². The van der Waals surface area contributed by atoms with E-state index >= 15 is 0 Å². The quantitative estimate of drug-likeness (QED) is 0.364. The van der Waals surface area contributed by atoms with Crippen LogP contribution in [0.1, 0.15) is 11.1 Å². The van der Waals surface area contributed by atoms with Gasteiger partial charge < -0.3 is 14.6 Å². The number of halogens is 5. The lowest BCUT2D eigenvalue weighted by Gasteiger charge is -2.17. The summed E-state index contributed by atoms with van der Waals surface area (Å²) in [6, 6.07) is 8.36. The van der Waals surface area contributed by atoms with Crippen molar-refractivity contribution in [1.82, 2.24) is 9.55 Å². The first-order valence-corrected chi connectivity index (χ1v) is 9.98. The fourth-order valence-electron chi connectivity index (χ4n) is 2.72. The van der Waals surface area contributed by atoms with Gasteiger partial charge in [0.05, 0.1) is 24.9 Å². The third kappa shape index (κ3) is 5.92. The number of hydrogen-bond donors (Lipinski definition) is 1. The number of hydrogen-bond acceptors (Lipinski definition) is 5. The highest BCUT2D eigenvalue weighted by molar-refractivity contribution is 8.00. The molecule has 1 aromatic heterocycles. The van der Waals surface area contributed by atoms with Crippen molar-refractivity contribution in [3.63, 3.8) is 0 Å². The van der Waals surface area contributed by atoms with E-state index in [1.165, 1.54) is 54.3 Å². The number of anilines is 2. The molecule has 0 saturated carbocycles. The number of rotatable bonds is 6. The number of thioether (sulfide) groups is 1. The molecule has 3 rings (SSSR count). The number of aryl methyl sites for hydroxylation is 1. The van der Waals surface area contributed by atoms with Gasteiger partial charge in [-0.2, -0.15) is 18.2 Å². The number of nitrogens with one attached hydrogen (secondary N) is 1. The highest BCUT2D eigenvalue weighted by atomic mass is 35.5. The Morgan fingerprint density at radius 1 is 1.23 bits per heavy atom. The van der Waals surface area contributed by atoms with Crippen LogP contribution in [0.2, 0.25) is 5.02 Å². The van der Waals surface area contributed by atoms with Crippen molar-refractivity contribution in [2.24, 2.45) is 0 Å². The topological polar surface area (TPSA) is 56.1 Å². The molecule has 0 bridgehead atoms. The van der Waals surface area contributed by atoms with Gasteiger partial charge in [0.2, 0.25) is 11.7 Å². The smallest absolute Gasteiger partial charge is 0.446 e. The van der Waals surface area contributed by atoms with Gasteiger partial charge in [0, 0.05) is 10.6 Å². The van der Waals surface area contributed by atoms with Crippen LogP contribution in [0.15, 0.2) is 52.3 Å². The summed E-state index contributed by atoms with van der Waals surface area (Å²) in [6.45, 7) is 1.85. The standard InChI is InChI=1S/C20H16ClF4N3O2S/c1-11-3-5-13(31-20(23,24)25)8-16(11)26-19-27-18(29)17(30-2)10-28(19)9-12-4-6-15(22)14(21)7-12/h3-8,10H,9H2,1-2H3,(H,26,27,29). The summed E-state index contributed by atoms with van der Waals surface area (Å²) < 4.78 is 58.2.